The molecule has 0 saturated carbocycles. The maximum atomic E-state index is 13.7. The Morgan fingerprint density at radius 2 is 1.71 bits per heavy atom. The number of hydrogen-bond acceptors (Lipinski definition) is 5. The maximum Gasteiger partial charge on any atom is 0.320 e. The Balaban J connectivity index is 1.59. The summed E-state index contributed by atoms with van der Waals surface area (Å²) in [5, 5.41) is 5.90. The molecule has 3 heterocycles. The van der Waals surface area contributed by atoms with Crippen LogP contribution in [0.5, 0.6) is 0 Å². The lowest BCUT2D eigenvalue weighted by Crippen LogP contribution is -2.04. The number of benzene rings is 2. The summed E-state index contributed by atoms with van der Waals surface area (Å²) in [6.45, 7) is -0.854. The molecule has 0 atom stereocenters. The van der Waals surface area contributed by atoms with Gasteiger partial charge in [0.2, 0.25) is 0 Å². The zero-order chi connectivity index (χ0) is 19.3. The van der Waals surface area contributed by atoms with E-state index in [0.29, 0.717) is 33.5 Å². The third-order valence-electron chi connectivity index (χ3n) is 4.45. The molecule has 5 aromatic rings. The molecule has 9 heteroatoms. The lowest BCUT2D eigenvalue weighted by atomic mass is 10.2. The van der Waals surface area contributed by atoms with E-state index in [1.54, 1.807) is 28.8 Å². The fourth-order valence-electron chi connectivity index (χ4n) is 3.27. The van der Waals surface area contributed by atoms with E-state index in [9.17, 15) is 8.78 Å². The second kappa shape index (κ2) is 6.52. The zero-order valence-corrected chi connectivity index (χ0v) is 15.6. The van der Waals surface area contributed by atoms with Crippen molar-refractivity contribution in [2.45, 2.75) is 24.4 Å². The molecule has 0 fully saturated rings. The quantitative estimate of drug-likeness (QED) is 0.328. The van der Waals surface area contributed by atoms with Gasteiger partial charge >= 0.3 is 6.55 Å². The highest BCUT2D eigenvalue weighted by atomic mass is 32.2. The molecule has 140 valence electrons. The number of aromatic nitrogens is 6. The Bertz CT molecular complexity index is 1330. The van der Waals surface area contributed by atoms with Crippen molar-refractivity contribution in [1.82, 2.24) is 29.1 Å². The number of alkyl halides is 2. The van der Waals surface area contributed by atoms with E-state index < -0.39 is 6.55 Å². The average molecular weight is 396 g/mol. The molecule has 0 unspecified atom stereocenters. The zero-order valence-electron chi connectivity index (χ0n) is 14.8. The third kappa shape index (κ3) is 2.70. The summed E-state index contributed by atoms with van der Waals surface area (Å²) in [7, 11) is 0. The van der Waals surface area contributed by atoms with Crippen molar-refractivity contribution in [1.29, 1.82) is 0 Å². The second-order valence-corrected chi connectivity index (χ2v) is 7.20. The van der Waals surface area contributed by atoms with Crippen LogP contribution in [0.1, 0.15) is 18.2 Å². The van der Waals surface area contributed by atoms with Gasteiger partial charge in [0.15, 0.2) is 10.8 Å². The van der Waals surface area contributed by atoms with Crippen molar-refractivity contribution in [2.24, 2.45) is 0 Å². The number of nitrogens with zero attached hydrogens (tertiary/aromatic N) is 6. The molecule has 0 radical (unpaired) electrons. The molecule has 3 aromatic heterocycles. The van der Waals surface area contributed by atoms with Crippen molar-refractivity contribution in [2.75, 3.05) is 0 Å². The molecule has 28 heavy (non-hydrogen) atoms. The van der Waals surface area contributed by atoms with Crippen LogP contribution in [0.2, 0.25) is 0 Å². The van der Waals surface area contributed by atoms with Crippen LogP contribution in [-0.2, 0) is 5.75 Å². The van der Waals surface area contributed by atoms with Gasteiger partial charge in [0.25, 0.3) is 0 Å². The van der Waals surface area contributed by atoms with Gasteiger partial charge in [-0.2, -0.15) is 13.3 Å². The van der Waals surface area contributed by atoms with E-state index in [2.05, 4.69) is 20.1 Å². The number of hydrogen-bond donors (Lipinski definition) is 0. The van der Waals surface area contributed by atoms with Gasteiger partial charge in [0, 0.05) is 5.39 Å². The van der Waals surface area contributed by atoms with Gasteiger partial charge in [-0.15, -0.1) is 5.10 Å². The van der Waals surface area contributed by atoms with Gasteiger partial charge in [-0.05, 0) is 31.2 Å². The number of para-hydroxylation sites is 3. The molecule has 0 aliphatic heterocycles. The van der Waals surface area contributed by atoms with E-state index >= 15 is 0 Å². The van der Waals surface area contributed by atoms with Gasteiger partial charge in [0.1, 0.15) is 11.6 Å². The van der Waals surface area contributed by atoms with Gasteiger partial charge in [-0.25, -0.2) is 15.0 Å². The topological polar surface area (TPSA) is 60.9 Å². The standard InChI is InChI=1S/C19H14F2N6S/c1-11-22-17-12-6-2-3-7-13(12)24-19(27(17)25-11)28-10-16-23-14-8-4-5-9-15(14)26(16)18(20)21/h2-9,18H,10H2,1H3. The van der Waals surface area contributed by atoms with Crippen molar-refractivity contribution in [3.05, 3.63) is 60.2 Å². The highest BCUT2D eigenvalue weighted by molar-refractivity contribution is 7.98. The van der Waals surface area contributed by atoms with Gasteiger partial charge in [-0.3, -0.25) is 4.57 Å². The van der Waals surface area contributed by atoms with Gasteiger partial charge in [-0.1, -0.05) is 36.0 Å². The summed E-state index contributed by atoms with van der Waals surface area (Å²) in [4.78, 5) is 13.5. The highest BCUT2D eigenvalue weighted by Crippen LogP contribution is 2.29. The molecule has 6 nitrogen and oxygen atoms in total. The van der Waals surface area contributed by atoms with E-state index in [1.807, 2.05) is 31.2 Å². The average Bonchev–Trinajstić information content (AvgIpc) is 3.26. The van der Waals surface area contributed by atoms with E-state index in [-0.39, 0.29) is 5.75 Å². The molecule has 0 amide bonds. The summed E-state index contributed by atoms with van der Waals surface area (Å²) in [6, 6.07) is 14.6. The molecule has 0 bridgehead atoms. The van der Waals surface area contributed by atoms with Gasteiger partial charge in [0.05, 0.1) is 22.3 Å². The van der Waals surface area contributed by atoms with Crippen molar-refractivity contribution < 1.29 is 8.78 Å². The monoisotopic (exact) mass is 396 g/mol. The first kappa shape index (κ1) is 17.1. The predicted octanol–water partition coefficient (Wildman–Crippen LogP) is 4.62. The third-order valence-corrected chi connectivity index (χ3v) is 5.37. The lowest BCUT2D eigenvalue weighted by Gasteiger charge is -2.08. The Labute approximate surface area is 162 Å². The number of imidazole rings is 1. The maximum absolute atomic E-state index is 13.7. The fourth-order valence-corrected chi connectivity index (χ4v) is 4.14. The molecular weight excluding hydrogens is 382 g/mol. The summed E-state index contributed by atoms with van der Waals surface area (Å²) >= 11 is 1.31. The normalized spacial score (nSPS) is 12.0. The molecule has 0 aliphatic rings. The molecule has 0 saturated heterocycles. The van der Waals surface area contributed by atoms with E-state index in [0.717, 1.165) is 15.5 Å². The summed E-state index contributed by atoms with van der Waals surface area (Å²) < 4.78 is 29.9. The summed E-state index contributed by atoms with van der Waals surface area (Å²) in [5.41, 5.74) is 2.45. The molecule has 0 aliphatic carbocycles. The Morgan fingerprint density at radius 3 is 2.54 bits per heavy atom. The smallest absolute Gasteiger partial charge is 0.269 e. The lowest BCUT2D eigenvalue weighted by molar-refractivity contribution is 0.0722. The summed E-state index contributed by atoms with van der Waals surface area (Å²) in [5.74, 6) is 1.15. The predicted molar refractivity (Wildman–Crippen MR) is 104 cm³/mol. The Hall–Kier alpha value is -3.07. The minimum atomic E-state index is -2.67. The van der Waals surface area contributed by atoms with Crippen LogP contribution >= 0.6 is 11.8 Å². The van der Waals surface area contributed by atoms with Crippen molar-refractivity contribution in [3.63, 3.8) is 0 Å². The Kier molecular flexibility index (Phi) is 3.97. The van der Waals surface area contributed by atoms with Gasteiger partial charge < -0.3 is 0 Å². The SMILES string of the molecule is Cc1nc2c3ccccc3nc(SCc3nc4ccccc4n3C(F)F)n2n1. The van der Waals surface area contributed by atoms with Crippen LogP contribution in [0.4, 0.5) is 8.78 Å². The van der Waals surface area contributed by atoms with E-state index in [4.69, 9.17) is 0 Å². The largest absolute Gasteiger partial charge is 0.320 e. The molecule has 5 rings (SSSR count). The minimum absolute atomic E-state index is 0.234. The van der Waals surface area contributed by atoms with Crippen molar-refractivity contribution >= 4 is 39.3 Å². The fraction of sp³-hybridized carbons (Fsp3) is 0.158. The van der Waals surface area contributed by atoms with E-state index in [1.165, 1.54) is 11.8 Å². The van der Waals surface area contributed by atoms with Crippen LogP contribution in [-0.4, -0.2) is 29.1 Å². The number of halogens is 2. The van der Waals surface area contributed by atoms with Crippen LogP contribution in [0.3, 0.4) is 0 Å². The first-order valence-corrected chi connectivity index (χ1v) is 9.59. The number of fused-ring (bicyclic) bond motifs is 4. The second-order valence-electron chi connectivity index (χ2n) is 6.26. The van der Waals surface area contributed by atoms with Crippen LogP contribution in [0, 0.1) is 6.92 Å². The van der Waals surface area contributed by atoms with Crippen LogP contribution in [0.15, 0.2) is 53.7 Å². The number of rotatable bonds is 4. The number of aryl methyl sites for hydroxylation is 1. The molecule has 0 N–H and O–H groups in total. The first-order valence-electron chi connectivity index (χ1n) is 8.61. The number of thioether (sulfide) groups is 1. The molecular formula is C19H14F2N6S. The minimum Gasteiger partial charge on any atom is -0.269 e. The van der Waals surface area contributed by atoms with Crippen LogP contribution < -0.4 is 0 Å². The molecule has 0 spiro atoms. The summed E-state index contributed by atoms with van der Waals surface area (Å²) in [6.07, 6.45) is 0. The highest BCUT2D eigenvalue weighted by Gasteiger charge is 2.19. The first-order chi connectivity index (χ1) is 13.6. The Morgan fingerprint density at radius 1 is 0.964 bits per heavy atom. The van der Waals surface area contributed by atoms with Crippen molar-refractivity contribution in [3.8, 4) is 0 Å². The van der Waals surface area contributed by atoms with Crippen LogP contribution in [0.25, 0.3) is 27.6 Å². The molecule has 2 aromatic carbocycles.